The topological polar surface area (TPSA) is 0 Å². The summed E-state index contributed by atoms with van der Waals surface area (Å²) in [5, 5.41) is 0. The minimum atomic E-state index is 1.18. The Morgan fingerprint density at radius 3 is 2.77 bits per heavy atom. The molecule has 0 fully saturated rings. The monoisotopic (exact) mass is 174 g/mol. The molecule has 0 heterocycles. The van der Waals surface area contributed by atoms with E-state index >= 15 is 0 Å². The van der Waals surface area contributed by atoms with Crippen molar-refractivity contribution < 1.29 is 0 Å². The van der Waals surface area contributed by atoms with Gasteiger partial charge < -0.3 is 0 Å². The van der Waals surface area contributed by atoms with E-state index in [1.54, 1.807) is 0 Å². The van der Waals surface area contributed by atoms with Crippen LogP contribution in [0.2, 0.25) is 0 Å². The van der Waals surface area contributed by atoms with Gasteiger partial charge in [-0.25, -0.2) is 0 Å². The highest BCUT2D eigenvalue weighted by molar-refractivity contribution is 5.45. The van der Waals surface area contributed by atoms with E-state index in [1.165, 1.54) is 35.1 Å². The van der Waals surface area contributed by atoms with E-state index in [4.69, 9.17) is 0 Å². The van der Waals surface area contributed by atoms with Gasteiger partial charge in [0.15, 0.2) is 0 Å². The third kappa shape index (κ3) is 2.21. The van der Waals surface area contributed by atoms with Crippen LogP contribution in [-0.2, 0) is 0 Å². The van der Waals surface area contributed by atoms with E-state index < -0.39 is 0 Å². The molecule has 70 valence electrons. The van der Waals surface area contributed by atoms with E-state index in [-0.39, 0.29) is 0 Å². The molecule has 0 bridgehead atoms. The molecule has 0 aromatic carbocycles. The fourth-order valence-corrected chi connectivity index (χ4v) is 1.78. The maximum Gasteiger partial charge on any atom is -0.0239 e. The highest BCUT2D eigenvalue weighted by atomic mass is 14.1. The summed E-state index contributed by atoms with van der Waals surface area (Å²) >= 11 is 0. The van der Waals surface area contributed by atoms with Crippen LogP contribution in [0.1, 0.15) is 33.6 Å². The Bertz CT molecular complexity index is 298. The molecule has 0 radical (unpaired) electrons. The van der Waals surface area contributed by atoms with Crippen molar-refractivity contribution in [1.82, 2.24) is 0 Å². The molecule has 0 heteroatoms. The van der Waals surface area contributed by atoms with Crippen molar-refractivity contribution in [3.63, 3.8) is 0 Å². The van der Waals surface area contributed by atoms with Gasteiger partial charge in [-0.15, -0.1) is 0 Å². The van der Waals surface area contributed by atoms with Gasteiger partial charge in [0.1, 0.15) is 0 Å². The molecule has 0 atom stereocenters. The zero-order chi connectivity index (χ0) is 9.84. The van der Waals surface area contributed by atoms with Crippen LogP contribution in [0.25, 0.3) is 0 Å². The molecule has 0 spiro atoms. The zero-order valence-electron chi connectivity index (χ0n) is 8.85. The van der Waals surface area contributed by atoms with Crippen molar-refractivity contribution in [2.75, 3.05) is 0 Å². The first-order chi connectivity index (χ1) is 6.16. The molecule has 13 heavy (non-hydrogen) atoms. The van der Waals surface area contributed by atoms with Gasteiger partial charge in [0, 0.05) is 0 Å². The van der Waals surface area contributed by atoms with Crippen LogP contribution in [0.5, 0.6) is 0 Å². The lowest BCUT2D eigenvalue weighted by Crippen LogP contribution is -1.97. The number of hydrogen-bond acceptors (Lipinski definition) is 0. The van der Waals surface area contributed by atoms with Crippen molar-refractivity contribution in [2.45, 2.75) is 33.6 Å². The van der Waals surface area contributed by atoms with Gasteiger partial charge in [0.05, 0.1) is 0 Å². The molecule has 0 N–H and O–H groups in total. The van der Waals surface area contributed by atoms with E-state index in [0.29, 0.717) is 0 Å². The molecule has 0 aliphatic heterocycles. The van der Waals surface area contributed by atoms with Gasteiger partial charge in [0.2, 0.25) is 0 Å². The lowest BCUT2D eigenvalue weighted by atomic mass is 9.88. The minimum Gasteiger partial charge on any atom is -0.0991 e. The van der Waals surface area contributed by atoms with Gasteiger partial charge in [-0.2, -0.15) is 0 Å². The first kappa shape index (κ1) is 10.0. The molecule has 0 saturated carbocycles. The number of rotatable bonds is 2. The summed E-state index contributed by atoms with van der Waals surface area (Å²) in [5.74, 6) is 0. The van der Waals surface area contributed by atoms with Crippen molar-refractivity contribution in [3.8, 4) is 0 Å². The number of hydrogen-bond donors (Lipinski definition) is 0. The maximum absolute atomic E-state index is 3.73. The van der Waals surface area contributed by atoms with Gasteiger partial charge in [-0.3, -0.25) is 0 Å². The molecular weight excluding hydrogens is 156 g/mol. The molecule has 0 nitrogen and oxygen atoms in total. The largest absolute Gasteiger partial charge is 0.0991 e. The molecular formula is C13H18. The van der Waals surface area contributed by atoms with Gasteiger partial charge in [0.25, 0.3) is 0 Å². The maximum atomic E-state index is 3.73. The molecule has 0 unspecified atom stereocenters. The second-order valence-corrected chi connectivity index (χ2v) is 3.61. The molecule has 1 aliphatic carbocycles. The van der Waals surface area contributed by atoms with Crippen molar-refractivity contribution >= 4 is 0 Å². The molecule has 0 aromatic heterocycles. The van der Waals surface area contributed by atoms with Crippen molar-refractivity contribution in [3.05, 3.63) is 47.1 Å². The highest BCUT2D eigenvalue weighted by Gasteiger charge is 2.09. The normalized spacial score (nSPS) is 18.7. The van der Waals surface area contributed by atoms with Crippen LogP contribution in [-0.4, -0.2) is 0 Å². The summed E-state index contributed by atoms with van der Waals surface area (Å²) in [5.41, 5.74) is 5.74. The minimum absolute atomic E-state index is 1.18. The standard InChI is InChI=1S/C13H18/c1-5-7-11(3)13-9-6-8-10(2)12(13)4/h5,7-8H,1,6,9H2,2-4H3/b11-7+. The Kier molecular flexibility index (Phi) is 3.30. The Morgan fingerprint density at radius 2 is 2.15 bits per heavy atom. The lowest BCUT2D eigenvalue weighted by molar-refractivity contribution is 0.925. The summed E-state index contributed by atoms with van der Waals surface area (Å²) in [6.07, 6.45) is 8.64. The van der Waals surface area contributed by atoms with Gasteiger partial charge in [-0.05, 0) is 50.3 Å². The second kappa shape index (κ2) is 4.27. The third-order valence-electron chi connectivity index (χ3n) is 2.73. The van der Waals surface area contributed by atoms with Crippen LogP contribution < -0.4 is 0 Å². The van der Waals surface area contributed by atoms with Crippen molar-refractivity contribution in [2.24, 2.45) is 0 Å². The fraction of sp³-hybridized carbons (Fsp3) is 0.385. The van der Waals surface area contributed by atoms with Gasteiger partial charge >= 0.3 is 0 Å². The predicted octanol–water partition coefficient (Wildman–Crippen LogP) is 4.18. The molecule has 0 aromatic rings. The Labute approximate surface area is 81.4 Å². The van der Waals surface area contributed by atoms with Gasteiger partial charge in [-0.1, -0.05) is 30.4 Å². The smallest absolute Gasteiger partial charge is 0.0239 e. The zero-order valence-corrected chi connectivity index (χ0v) is 8.85. The van der Waals surface area contributed by atoms with E-state index in [1.807, 2.05) is 6.08 Å². The summed E-state index contributed by atoms with van der Waals surface area (Å²) in [7, 11) is 0. The summed E-state index contributed by atoms with van der Waals surface area (Å²) in [4.78, 5) is 0. The molecule has 1 rings (SSSR count). The summed E-state index contributed by atoms with van der Waals surface area (Å²) in [6, 6.07) is 0. The highest BCUT2D eigenvalue weighted by Crippen LogP contribution is 2.29. The quantitative estimate of drug-likeness (QED) is 0.551. The van der Waals surface area contributed by atoms with Crippen LogP contribution in [0.4, 0.5) is 0 Å². The van der Waals surface area contributed by atoms with Crippen LogP contribution in [0.15, 0.2) is 47.1 Å². The number of allylic oxidation sites excluding steroid dienone is 7. The Hall–Kier alpha value is -1.04. The average molecular weight is 174 g/mol. The predicted molar refractivity (Wildman–Crippen MR) is 59.6 cm³/mol. The van der Waals surface area contributed by atoms with Crippen LogP contribution >= 0.6 is 0 Å². The van der Waals surface area contributed by atoms with E-state index in [9.17, 15) is 0 Å². The first-order valence-electron chi connectivity index (χ1n) is 4.83. The van der Waals surface area contributed by atoms with E-state index in [0.717, 1.165) is 0 Å². The second-order valence-electron chi connectivity index (χ2n) is 3.61. The molecule has 0 amide bonds. The SMILES string of the molecule is C=C/C=C(\C)C1=C(C)C(C)=CCC1. The van der Waals surface area contributed by atoms with E-state index in [2.05, 4.69) is 39.5 Å². The van der Waals surface area contributed by atoms with Crippen LogP contribution in [0, 0.1) is 0 Å². The Morgan fingerprint density at radius 1 is 1.46 bits per heavy atom. The molecule has 0 saturated heterocycles. The summed E-state index contributed by atoms with van der Waals surface area (Å²) < 4.78 is 0. The van der Waals surface area contributed by atoms with Crippen LogP contribution in [0.3, 0.4) is 0 Å². The summed E-state index contributed by atoms with van der Waals surface area (Å²) in [6.45, 7) is 10.3. The molecule has 1 aliphatic rings. The average Bonchev–Trinajstić information content (AvgIpc) is 2.10. The van der Waals surface area contributed by atoms with Crippen molar-refractivity contribution in [1.29, 1.82) is 0 Å². The lowest BCUT2D eigenvalue weighted by Gasteiger charge is -2.17. The third-order valence-corrected chi connectivity index (χ3v) is 2.73. The fourth-order valence-electron chi connectivity index (χ4n) is 1.78. The first-order valence-corrected chi connectivity index (χ1v) is 4.83. The Balaban J connectivity index is 3.03.